The van der Waals surface area contributed by atoms with E-state index < -0.39 is 30.1 Å². The van der Waals surface area contributed by atoms with Crippen molar-refractivity contribution >= 4 is 23.7 Å². The second-order valence-corrected chi connectivity index (χ2v) is 9.33. The molecule has 0 radical (unpaired) electrons. The quantitative estimate of drug-likeness (QED) is 0.0472. The number of Topliss-reactive ketones (excluding diaryl/α,β-unsaturated/α-hetero) is 1. The molecule has 48 heavy (non-hydrogen) atoms. The van der Waals surface area contributed by atoms with Gasteiger partial charge in [0.1, 0.15) is 6.61 Å². The van der Waals surface area contributed by atoms with Crippen LogP contribution in [0.25, 0.3) is 0 Å². The number of rotatable bonds is 40. The van der Waals surface area contributed by atoms with Gasteiger partial charge in [0.05, 0.1) is 158 Å². The highest BCUT2D eigenvalue weighted by molar-refractivity contribution is 6.32. The Hall–Kier alpha value is -2.36. The molecule has 0 saturated carbocycles. The highest BCUT2D eigenvalue weighted by atomic mass is 16.6. The molecule has 0 heterocycles. The van der Waals surface area contributed by atoms with E-state index in [0.29, 0.717) is 132 Å². The lowest BCUT2D eigenvalue weighted by Crippen LogP contribution is -2.17. The largest absolute Gasteiger partial charge is 0.481 e. The molecule has 2 N–H and O–H groups in total. The zero-order chi connectivity index (χ0) is 35.2. The van der Waals surface area contributed by atoms with E-state index in [1.165, 1.54) is 0 Å². The van der Waals surface area contributed by atoms with E-state index in [2.05, 4.69) is 0 Å². The number of carboxylic acid groups (broad SMARTS) is 2. The van der Waals surface area contributed by atoms with E-state index >= 15 is 0 Å². The molecule has 0 aromatic carbocycles. The third-order valence-corrected chi connectivity index (χ3v) is 5.47. The molecule has 0 aromatic rings. The van der Waals surface area contributed by atoms with Crippen molar-refractivity contribution in [1.29, 1.82) is 0 Å². The molecule has 0 aromatic heterocycles. The minimum atomic E-state index is -1.57. The van der Waals surface area contributed by atoms with Gasteiger partial charge < -0.3 is 67.1 Å². The van der Waals surface area contributed by atoms with Gasteiger partial charge in [0.2, 0.25) is 5.78 Å². The fraction of sp³-hybridized carbons (Fsp3) is 0.867. The lowest BCUT2D eigenvalue weighted by Gasteiger charge is -2.09. The molecule has 0 unspecified atom stereocenters. The second-order valence-electron chi connectivity index (χ2n) is 9.33. The Labute approximate surface area is 281 Å². The van der Waals surface area contributed by atoms with Crippen molar-refractivity contribution in [3.05, 3.63) is 0 Å². The Balaban J connectivity index is 3.12. The van der Waals surface area contributed by atoms with E-state index in [0.717, 1.165) is 0 Å². The molecule has 0 spiro atoms. The van der Waals surface area contributed by atoms with Crippen LogP contribution in [-0.4, -0.2) is 186 Å². The summed E-state index contributed by atoms with van der Waals surface area (Å²) in [6, 6.07) is 0. The molecule has 0 bridgehead atoms. The van der Waals surface area contributed by atoms with Crippen molar-refractivity contribution in [2.24, 2.45) is 0 Å². The fourth-order valence-electron chi connectivity index (χ4n) is 3.07. The SMILES string of the molecule is O=C(O)CCOCCOCCOCCOCCOCCOCCOCCOCCOCCOCCOCCOC(=O)CCC(=O)C(=O)O. The predicted molar refractivity (Wildman–Crippen MR) is 164 cm³/mol. The maximum atomic E-state index is 11.4. The normalized spacial score (nSPS) is 11.2. The molecular weight excluding hydrogens is 648 g/mol. The summed E-state index contributed by atoms with van der Waals surface area (Å²) in [5.41, 5.74) is 0. The molecule has 0 aliphatic rings. The number of hydrogen-bond acceptors (Lipinski definition) is 16. The Kier molecular flexibility index (Phi) is 35.6. The first-order chi connectivity index (χ1) is 23.4. The van der Waals surface area contributed by atoms with Crippen LogP contribution in [0.2, 0.25) is 0 Å². The molecule has 0 aliphatic carbocycles. The monoisotopic (exact) mass is 702 g/mol. The van der Waals surface area contributed by atoms with Gasteiger partial charge >= 0.3 is 17.9 Å². The molecule has 0 saturated heterocycles. The van der Waals surface area contributed by atoms with Crippen LogP contribution >= 0.6 is 0 Å². The first kappa shape index (κ1) is 45.6. The van der Waals surface area contributed by atoms with Crippen molar-refractivity contribution in [2.75, 3.05) is 152 Å². The van der Waals surface area contributed by atoms with Crippen LogP contribution in [0.4, 0.5) is 0 Å². The van der Waals surface area contributed by atoms with E-state index in [1.807, 2.05) is 0 Å². The summed E-state index contributed by atoms with van der Waals surface area (Å²) in [6.07, 6.45) is -0.684. The average Bonchev–Trinajstić information content (AvgIpc) is 3.06. The zero-order valence-corrected chi connectivity index (χ0v) is 27.8. The third-order valence-electron chi connectivity index (χ3n) is 5.47. The van der Waals surface area contributed by atoms with Crippen LogP contribution in [-0.2, 0) is 76.0 Å². The smallest absolute Gasteiger partial charge is 0.372 e. The third kappa shape index (κ3) is 38.1. The Morgan fingerprint density at radius 3 is 0.812 bits per heavy atom. The summed E-state index contributed by atoms with van der Waals surface area (Å²) in [5.74, 6) is -4.14. The second kappa shape index (κ2) is 37.5. The molecule has 0 rings (SSSR count). The minimum Gasteiger partial charge on any atom is -0.481 e. The van der Waals surface area contributed by atoms with Gasteiger partial charge in [0.25, 0.3) is 0 Å². The molecule has 18 heteroatoms. The van der Waals surface area contributed by atoms with Crippen LogP contribution in [0.15, 0.2) is 0 Å². The molecule has 18 nitrogen and oxygen atoms in total. The van der Waals surface area contributed by atoms with Crippen LogP contribution in [0, 0.1) is 0 Å². The minimum absolute atomic E-state index is 0.00754. The number of carbonyl (C=O) groups excluding carboxylic acids is 2. The number of carboxylic acids is 2. The maximum absolute atomic E-state index is 11.4. The van der Waals surface area contributed by atoms with Gasteiger partial charge in [-0.05, 0) is 0 Å². The molecule has 0 aliphatic heterocycles. The van der Waals surface area contributed by atoms with Gasteiger partial charge in [0, 0.05) is 6.42 Å². The average molecular weight is 703 g/mol. The first-order valence-corrected chi connectivity index (χ1v) is 15.9. The number of ether oxygens (including phenoxy) is 12. The molecular formula is C30H54O18. The highest BCUT2D eigenvalue weighted by Gasteiger charge is 2.14. The summed E-state index contributed by atoms with van der Waals surface area (Å²) >= 11 is 0. The summed E-state index contributed by atoms with van der Waals surface area (Å²) in [6.45, 7) is 8.86. The summed E-state index contributed by atoms with van der Waals surface area (Å²) in [7, 11) is 0. The lowest BCUT2D eigenvalue weighted by molar-refractivity contribution is -0.151. The predicted octanol–water partition coefficient (Wildman–Crippen LogP) is -0.379. The number of carbonyl (C=O) groups is 4. The van der Waals surface area contributed by atoms with E-state index in [9.17, 15) is 19.2 Å². The van der Waals surface area contributed by atoms with Crippen molar-refractivity contribution in [1.82, 2.24) is 0 Å². The number of hydrogen-bond donors (Lipinski definition) is 2. The molecule has 0 amide bonds. The number of ketones is 1. The summed E-state index contributed by atoms with van der Waals surface area (Å²) in [5, 5.41) is 16.9. The first-order valence-electron chi connectivity index (χ1n) is 15.9. The molecule has 282 valence electrons. The van der Waals surface area contributed by atoms with E-state index in [4.69, 9.17) is 67.1 Å². The number of esters is 1. The van der Waals surface area contributed by atoms with Crippen LogP contribution in [0.5, 0.6) is 0 Å². The van der Waals surface area contributed by atoms with Crippen molar-refractivity contribution in [3.8, 4) is 0 Å². The van der Waals surface area contributed by atoms with Crippen molar-refractivity contribution in [2.45, 2.75) is 19.3 Å². The van der Waals surface area contributed by atoms with Gasteiger partial charge in [-0.2, -0.15) is 0 Å². The molecule has 0 atom stereocenters. The fourth-order valence-corrected chi connectivity index (χ4v) is 3.07. The van der Waals surface area contributed by atoms with Gasteiger partial charge in [-0.25, -0.2) is 4.79 Å². The van der Waals surface area contributed by atoms with Gasteiger partial charge in [-0.3, -0.25) is 14.4 Å². The van der Waals surface area contributed by atoms with E-state index in [1.54, 1.807) is 0 Å². The Bertz CT molecular complexity index is 768. The van der Waals surface area contributed by atoms with Crippen LogP contribution < -0.4 is 0 Å². The topological polar surface area (TPSA) is 219 Å². The van der Waals surface area contributed by atoms with Gasteiger partial charge in [0.15, 0.2) is 0 Å². The van der Waals surface area contributed by atoms with Crippen LogP contribution in [0.3, 0.4) is 0 Å². The zero-order valence-electron chi connectivity index (χ0n) is 27.8. The molecule has 0 fully saturated rings. The van der Waals surface area contributed by atoms with E-state index in [-0.39, 0.29) is 32.7 Å². The van der Waals surface area contributed by atoms with Gasteiger partial charge in [-0.1, -0.05) is 0 Å². The Morgan fingerprint density at radius 1 is 0.312 bits per heavy atom. The van der Waals surface area contributed by atoms with Crippen molar-refractivity contribution in [3.63, 3.8) is 0 Å². The van der Waals surface area contributed by atoms with Gasteiger partial charge in [-0.15, -0.1) is 0 Å². The van der Waals surface area contributed by atoms with Crippen molar-refractivity contribution < 1.29 is 86.2 Å². The lowest BCUT2D eigenvalue weighted by atomic mass is 10.2. The summed E-state index contributed by atoms with van der Waals surface area (Å²) in [4.78, 5) is 42.9. The maximum Gasteiger partial charge on any atom is 0.372 e. The standard InChI is InChI=1S/C30H54O18/c31-27(30(35)36)1-2-29(34)48-26-25-47-24-23-46-22-21-45-20-19-44-18-17-43-16-15-42-14-13-41-12-11-40-10-9-39-8-7-38-6-5-37-4-3-28(32)33/h1-26H2,(H,32,33)(H,35,36). The number of aliphatic carboxylic acids is 2. The Morgan fingerprint density at radius 2 is 0.562 bits per heavy atom. The van der Waals surface area contributed by atoms with Crippen LogP contribution in [0.1, 0.15) is 19.3 Å². The highest BCUT2D eigenvalue weighted by Crippen LogP contribution is 1.95. The summed E-state index contributed by atoms with van der Waals surface area (Å²) < 4.78 is 63.8.